The van der Waals surface area contributed by atoms with Crippen LogP contribution >= 0.6 is 0 Å². The maximum absolute atomic E-state index is 12.8. The van der Waals surface area contributed by atoms with E-state index in [2.05, 4.69) is 5.32 Å². The largest absolute Gasteiger partial charge is 0.478 e. The number of furan rings is 1. The van der Waals surface area contributed by atoms with E-state index in [4.69, 9.17) is 4.42 Å². The zero-order chi connectivity index (χ0) is 23.3. The zero-order valence-corrected chi connectivity index (χ0v) is 17.3. The summed E-state index contributed by atoms with van der Waals surface area (Å²) in [5.74, 6) is -1.57. The number of aromatic carboxylic acids is 1. The number of rotatable bonds is 3. The van der Waals surface area contributed by atoms with Crippen molar-refractivity contribution in [2.45, 2.75) is 6.92 Å². The molecule has 1 aromatic heterocycles. The van der Waals surface area contributed by atoms with Crippen molar-refractivity contribution in [1.82, 2.24) is 0 Å². The fourth-order valence-corrected chi connectivity index (χ4v) is 3.97. The number of fused-ring (bicyclic) bond motifs is 2. The molecule has 0 atom stereocenters. The fraction of sp³-hybridized carbons (Fsp3) is 0.0400. The monoisotopic (exact) mass is 440 g/mol. The van der Waals surface area contributed by atoms with Crippen molar-refractivity contribution < 1.29 is 28.7 Å². The van der Waals surface area contributed by atoms with Crippen molar-refractivity contribution in [3.05, 3.63) is 82.8 Å². The standard InChI is InChI=1S/C25H16N2O6/c1-13(28)27-22-5-3-2-4-17(22)20(24(27)30)12-16-8-7-15(33-16)11-19-18-10-14(25(31)32)6-9-21(18)26-23(19)29/h2-12H,1H3,(H,26,29)(H,31,32). The molecule has 2 aliphatic rings. The van der Waals surface area contributed by atoms with Gasteiger partial charge in [0.05, 0.1) is 22.4 Å². The van der Waals surface area contributed by atoms with Gasteiger partial charge < -0.3 is 14.8 Å². The number of hydrogen-bond acceptors (Lipinski definition) is 5. The summed E-state index contributed by atoms with van der Waals surface area (Å²) in [6.45, 7) is 1.33. The summed E-state index contributed by atoms with van der Waals surface area (Å²) in [4.78, 5) is 49.7. The normalized spacial score (nSPS) is 16.8. The highest BCUT2D eigenvalue weighted by atomic mass is 16.4. The predicted molar refractivity (Wildman–Crippen MR) is 121 cm³/mol. The number of benzene rings is 2. The van der Waals surface area contributed by atoms with Crippen LogP contribution < -0.4 is 10.2 Å². The fourth-order valence-electron chi connectivity index (χ4n) is 3.97. The van der Waals surface area contributed by atoms with Crippen molar-refractivity contribution in [2.24, 2.45) is 0 Å². The van der Waals surface area contributed by atoms with Crippen molar-refractivity contribution >= 4 is 58.4 Å². The van der Waals surface area contributed by atoms with E-state index < -0.39 is 11.9 Å². The van der Waals surface area contributed by atoms with E-state index in [1.165, 1.54) is 25.1 Å². The van der Waals surface area contributed by atoms with E-state index in [9.17, 15) is 24.3 Å². The molecular weight excluding hydrogens is 424 g/mol. The van der Waals surface area contributed by atoms with Gasteiger partial charge in [-0.25, -0.2) is 9.69 Å². The molecule has 0 spiro atoms. The summed E-state index contributed by atoms with van der Waals surface area (Å²) in [5.41, 5.74) is 2.78. The lowest BCUT2D eigenvalue weighted by Gasteiger charge is -2.11. The van der Waals surface area contributed by atoms with Crippen LogP contribution in [-0.2, 0) is 14.4 Å². The molecule has 0 saturated heterocycles. The van der Waals surface area contributed by atoms with Crippen LogP contribution in [0.15, 0.2) is 59.0 Å². The second-order valence-corrected chi connectivity index (χ2v) is 7.55. The molecule has 8 heteroatoms. The number of hydrogen-bond donors (Lipinski definition) is 2. The smallest absolute Gasteiger partial charge is 0.335 e. The predicted octanol–water partition coefficient (Wildman–Crippen LogP) is 3.90. The lowest BCUT2D eigenvalue weighted by molar-refractivity contribution is -0.122. The number of nitrogens with one attached hydrogen (secondary N) is 1. The molecule has 3 amide bonds. The average molecular weight is 440 g/mol. The molecule has 2 aromatic carbocycles. The van der Waals surface area contributed by atoms with Gasteiger partial charge in [0, 0.05) is 23.7 Å². The highest BCUT2D eigenvalue weighted by Crippen LogP contribution is 2.38. The van der Waals surface area contributed by atoms with Crippen LogP contribution in [0.5, 0.6) is 0 Å². The number of carboxylic acids is 1. The third-order valence-corrected chi connectivity index (χ3v) is 5.45. The van der Waals surface area contributed by atoms with Gasteiger partial charge in [-0.3, -0.25) is 14.4 Å². The molecule has 0 fully saturated rings. The number of para-hydroxylation sites is 1. The maximum atomic E-state index is 12.8. The summed E-state index contributed by atoms with van der Waals surface area (Å²) in [6.07, 6.45) is 3.07. The number of imide groups is 1. The van der Waals surface area contributed by atoms with Gasteiger partial charge in [0.15, 0.2) is 0 Å². The Morgan fingerprint density at radius 1 is 0.939 bits per heavy atom. The minimum Gasteiger partial charge on any atom is -0.478 e. The van der Waals surface area contributed by atoms with E-state index in [0.29, 0.717) is 39.6 Å². The molecule has 0 bridgehead atoms. The highest BCUT2D eigenvalue weighted by Gasteiger charge is 2.35. The highest BCUT2D eigenvalue weighted by molar-refractivity contribution is 6.42. The number of nitrogens with zero attached hydrogens (tertiary/aromatic N) is 1. The van der Waals surface area contributed by atoms with Gasteiger partial charge in [-0.15, -0.1) is 0 Å². The van der Waals surface area contributed by atoms with Crippen LogP contribution in [0.4, 0.5) is 11.4 Å². The van der Waals surface area contributed by atoms with E-state index in [1.54, 1.807) is 48.5 Å². The molecule has 0 unspecified atom stereocenters. The molecule has 162 valence electrons. The number of carboxylic acid groups (broad SMARTS) is 1. The Kier molecular flexibility index (Phi) is 4.56. The molecule has 3 aromatic rings. The quantitative estimate of drug-likeness (QED) is 0.597. The number of anilines is 2. The number of carbonyl (C=O) groups excluding carboxylic acids is 3. The van der Waals surface area contributed by atoms with E-state index >= 15 is 0 Å². The van der Waals surface area contributed by atoms with Crippen LogP contribution in [0.25, 0.3) is 23.3 Å². The summed E-state index contributed by atoms with van der Waals surface area (Å²) in [7, 11) is 0. The molecule has 2 aliphatic heterocycles. The van der Waals surface area contributed by atoms with Crippen LogP contribution in [0, 0.1) is 0 Å². The van der Waals surface area contributed by atoms with Gasteiger partial charge in [-0.05, 0) is 48.6 Å². The summed E-state index contributed by atoms with van der Waals surface area (Å²) in [5, 5.41) is 11.9. The average Bonchev–Trinajstić information content (AvgIpc) is 3.43. The Morgan fingerprint density at radius 3 is 2.33 bits per heavy atom. The molecule has 5 rings (SSSR count). The van der Waals surface area contributed by atoms with Crippen molar-refractivity contribution in [1.29, 1.82) is 0 Å². The van der Waals surface area contributed by atoms with Gasteiger partial charge in [0.25, 0.3) is 11.8 Å². The Balaban J connectivity index is 1.51. The van der Waals surface area contributed by atoms with Crippen LogP contribution in [-0.4, -0.2) is 28.8 Å². The van der Waals surface area contributed by atoms with Crippen LogP contribution in [0.3, 0.4) is 0 Å². The SMILES string of the molecule is CC(=O)N1C(=O)C(=Cc2ccc(C=C3C(=O)Nc4ccc(C(=O)O)cc43)o2)c2ccccc21. The first-order chi connectivity index (χ1) is 15.8. The maximum Gasteiger partial charge on any atom is 0.335 e. The lowest BCUT2D eigenvalue weighted by atomic mass is 10.0. The second kappa shape index (κ2) is 7.45. The minimum absolute atomic E-state index is 0.0643. The first kappa shape index (κ1) is 20.2. The van der Waals surface area contributed by atoms with E-state index in [0.717, 1.165) is 4.90 Å². The van der Waals surface area contributed by atoms with Crippen molar-refractivity contribution in [3.63, 3.8) is 0 Å². The van der Waals surface area contributed by atoms with Gasteiger partial charge in [0.2, 0.25) is 5.91 Å². The third kappa shape index (κ3) is 3.34. The Bertz CT molecular complexity index is 1440. The topological polar surface area (TPSA) is 117 Å². The Hall–Kier alpha value is -4.72. The summed E-state index contributed by atoms with van der Waals surface area (Å²) < 4.78 is 5.80. The molecule has 8 nitrogen and oxygen atoms in total. The van der Waals surface area contributed by atoms with Crippen LogP contribution in [0.2, 0.25) is 0 Å². The second-order valence-electron chi connectivity index (χ2n) is 7.55. The molecule has 0 aliphatic carbocycles. The molecule has 33 heavy (non-hydrogen) atoms. The van der Waals surface area contributed by atoms with Gasteiger partial charge in [-0.1, -0.05) is 18.2 Å². The molecule has 2 N–H and O–H groups in total. The van der Waals surface area contributed by atoms with Gasteiger partial charge in [0.1, 0.15) is 11.5 Å². The molecule has 3 heterocycles. The van der Waals surface area contributed by atoms with Crippen LogP contribution in [0.1, 0.15) is 39.9 Å². The van der Waals surface area contributed by atoms with E-state index in [-0.39, 0.29) is 23.0 Å². The van der Waals surface area contributed by atoms with Crippen molar-refractivity contribution in [2.75, 3.05) is 10.2 Å². The van der Waals surface area contributed by atoms with E-state index in [1.807, 2.05) is 0 Å². The Morgan fingerprint density at radius 2 is 1.64 bits per heavy atom. The van der Waals surface area contributed by atoms with Crippen molar-refractivity contribution in [3.8, 4) is 0 Å². The zero-order valence-electron chi connectivity index (χ0n) is 17.3. The van der Waals surface area contributed by atoms with Gasteiger partial charge >= 0.3 is 5.97 Å². The third-order valence-electron chi connectivity index (χ3n) is 5.45. The number of amides is 3. The minimum atomic E-state index is -1.09. The lowest BCUT2D eigenvalue weighted by Crippen LogP contribution is -2.30. The summed E-state index contributed by atoms with van der Waals surface area (Å²) in [6, 6.07) is 14.7. The summed E-state index contributed by atoms with van der Waals surface area (Å²) >= 11 is 0. The Labute approximate surface area is 187 Å². The number of carbonyl (C=O) groups is 4. The first-order valence-corrected chi connectivity index (χ1v) is 10.00. The van der Waals surface area contributed by atoms with Gasteiger partial charge in [-0.2, -0.15) is 0 Å². The molecule has 0 saturated carbocycles. The first-order valence-electron chi connectivity index (χ1n) is 10.00. The molecule has 0 radical (unpaired) electrons. The molecular formula is C25H16N2O6.